The second-order valence-electron chi connectivity index (χ2n) is 1.47. The van der Waals surface area contributed by atoms with E-state index in [0.29, 0.717) is 0 Å². The Bertz CT molecular complexity index is 142. The van der Waals surface area contributed by atoms with E-state index >= 15 is 0 Å². The molecular weight excluding hydrogens is 106 g/mol. The van der Waals surface area contributed by atoms with Crippen molar-refractivity contribution in [3.8, 4) is 0 Å². The van der Waals surface area contributed by atoms with Crippen molar-refractivity contribution in [3.63, 3.8) is 0 Å². The van der Waals surface area contributed by atoms with Crippen molar-refractivity contribution in [3.05, 3.63) is 12.2 Å². The molecule has 0 N–H and O–H groups in total. The first-order valence-electron chi connectivity index (χ1n) is 2.17. The van der Waals surface area contributed by atoms with Gasteiger partial charge < -0.3 is 4.74 Å². The molecule has 0 atom stereocenters. The predicted octanol–water partition coefficient (Wildman–Crippen LogP) is 0.764. The monoisotopic (exact) mass is 111 g/mol. The third-order valence-electron chi connectivity index (χ3n) is 0.734. The number of carbonyl (C=O) groups is 1. The van der Waals surface area contributed by atoms with Gasteiger partial charge in [-0.05, 0) is 0 Å². The van der Waals surface area contributed by atoms with Gasteiger partial charge in [-0.25, -0.2) is 4.79 Å². The molecule has 0 saturated heterocycles. The van der Waals surface area contributed by atoms with Crippen LogP contribution in [0.25, 0.3) is 0 Å². The SMILES string of the molecule is C=C1C=NC(=O)OC1. The minimum atomic E-state index is -0.530. The molecule has 1 rings (SSSR count). The van der Waals surface area contributed by atoms with Gasteiger partial charge in [-0.15, -0.1) is 0 Å². The molecule has 8 heavy (non-hydrogen) atoms. The summed E-state index contributed by atoms with van der Waals surface area (Å²) in [5.74, 6) is 0. The molecule has 1 aliphatic heterocycles. The van der Waals surface area contributed by atoms with Gasteiger partial charge in [0.05, 0.1) is 0 Å². The highest BCUT2D eigenvalue weighted by Crippen LogP contribution is 1.96. The first-order chi connectivity index (χ1) is 3.79. The normalized spacial score (nSPS) is 18.5. The standard InChI is InChI=1S/C5H5NO2/c1-4-2-6-5(7)8-3-4/h2H,1,3H2. The Hall–Kier alpha value is -1.12. The largest absolute Gasteiger partial charge is 0.443 e. The van der Waals surface area contributed by atoms with Crippen LogP contribution in [-0.2, 0) is 4.74 Å². The third kappa shape index (κ3) is 0.932. The van der Waals surface area contributed by atoms with Gasteiger partial charge in [-0.3, -0.25) is 0 Å². The third-order valence-corrected chi connectivity index (χ3v) is 0.734. The summed E-state index contributed by atoms with van der Waals surface area (Å²) >= 11 is 0. The van der Waals surface area contributed by atoms with Crippen LogP contribution in [-0.4, -0.2) is 18.9 Å². The van der Waals surface area contributed by atoms with Crippen molar-refractivity contribution in [2.75, 3.05) is 6.61 Å². The van der Waals surface area contributed by atoms with E-state index in [9.17, 15) is 4.79 Å². The lowest BCUT2D eigenvalue weighted by Crippen LogP contribution is -2.09. The summed E-state index contributed by atoms with van der Waals surface area (Å²) in [6, 6.07) is 0. The van der Waals surface area contributed by atoms with Gasteiger partial charge >= 0.3 is 6.09 Å². The van der Waals surface area contributed by atoms with Crippen molar-refractivity contribution < 1.29 is 9.53 Å². The lowest BCUT2D eigenvalue weighted by Gasteiger charge is -2.03. The zero-order valence-corrected chi connectivity index (χ0v) is 4.26. The molecule has 0 saturated carbocycles. The fourth-order valence-corrected chi connectivity index (χ4v) is 0.373. The van der Waals surface area contributed by atoms with Crippen molar-refractivity contribution in [2.24, 2.45) is 4.99 Å². The number of carbonyl (C=O) groups excluding carboxylic acids is 1. The molecule has 42 valence electrons. The zero-order valence-electron chi connectivity index (χ0n) is 4.26. The van der Waals surface area contributed by atoms with E-state index in [2.05, 4.69) is 16.3 Å². The van der Waals surface area contributed by atoms with Crippen LogP contribution in [0.4, 0.5) is 4.79 Å². The van der Waals surface area contributed by atoms with Crippen LogP contribution in [0.5, 0.6) is 0 Å². The number of hydrogen-bond donors (Lipinski definition) is 0. The molecular formula is C5H5NO2. The van der Waals surface area contributed by atoms with E-state index in [4.69, 9.17) is 0 Å². The lowest BCUT2D eigenvalue weighted by molar-refractivity contribution is 0.166. The minimum absolute atomic E-state index is 0.280. The van der Waals surface area contributed by atoms with E-state index in [1.165, 1.54) is 6.21 Å². The maximum absolute atomic E-state index is 10.1. The van der Waals surface area contributed by atoms with Crippen molar-refractivity contribution in [1.82, 2.24) is 0 Å². The number of hydrogen-bond acceptors (Lipinski definition) is 2. The quantitative estimate of drug-likeness (QED) is 0.463. The average molecular weight is 111 g/mol. The first-order valence-corrected chi connectivity index (χ1v) is 2.17. The molecule has 3 nitrogen and oxygen atoms in total. The number of rotatable bonds is 0. The summed E-state index contributed by atoms with van der Waals surface area (Å²) < 4.78 is 4.45. The highest BCUT2D eigenvalue weighted by molar-refractivity contribution is 5.90. The van der Waals surface area contributed by atoms with Gasteiger partial charge in [-0.1, -0.05) is 6.58 Å². The molecule has 0 unspecified atom stereocenters. The average Bonchev–Trinajstić information content (AvgIpc) is 1.77. The Morgan fingerprint density at radius 3 is 3.00 bits per heavy atom. The number of amides is 1. The summed E-state index contributed by atoms with van der Waals surface area (Å²) in [6.45, 7) is 3.80. The predicted molar refractivity (Wildman–Crippen MR) is 29.0 cm³/mol. The second kappa shape index (κ2) is 1.78. The van der Waals surface area contributed by atoms with Crippen LogP contribution < -0.4 is 0 Å². The van der Waals surface area contributed by atoms with Crippen LogP contribution >= 0.6 is 0 Å². The molecule has 1 heterocycles. The van der Waals surface area contributed by atoms with Gasteiger partial charge in [0.25, 0.3) is 0 Å². The summed E-state index contributed by atoms with van der Waals surface area (Å²) in [5.41, 5.74) is 0.726. The van der Waals surface area contributed by atoms with Crippen LogP contribution in [0.15, 0.2) is 17.1 Å². The highest BCUT2D eigenvalue weighted by Gasteiger charge is 2.04. The minimum Gasteiger partial charge on any atom is -0.443 e. The number of aliphatic imine (C=N–C) groups is 1. The molecule has 0 aromatic rings. The fourth-order valence-electron chi connectivity index (χ4n) is 0.373. The molecule has 0 radical (unpaired) electrons. The molecule has 0 bridgehead atoms. The summed E-state index contributed by atoms with van der Waals surface area (Å²) in [6.07, 6.45) is 0.878. The topological polar surface area (TPSA) is 38.7 Å². The molecule has 0 aliphatic carbocycles. The van der Waals surface area contributed by atoms with E-state index in [0.717, 1.165) is 5.57 Å². The molecule has 0 aromatic carbocycles. The van der Waals surface area contributed by atoms with Crippen molar-refractivity contribution in [2.45, 2.75) is 0 Å². The van der Waals surface area contributed by atoms with Crippen molar-refractivity contribution >= 4 is 12.3 Å². The molecule has 0 fully saturated rings. The fraction of sp³-hybridized carbons (Fsp3) is 0.200. The lowest BCUT2D eigenvalue weighted by atomic mass is 10.3. The van der Waals surface area contributed by atoms with Gasteiger partial charge in [-0.2, -0.15) is 4.99 Å². The van der Waals surface area contributed by atoms with E-state index in [1.807, 2.05) is 0 Å². The second-order valence-corrected chi connectivity index (χ2v) is 1.47. The maximum Gasteiger partial charge on any atom is 0.433 e. The Morgan fingerprint density at radius 1 is 1.88 bits per heavy atom. The summed E-state index contributed by atoms with van der Waals surface area (Å²) in [4.78, 5) is 13.5. The first kappa shape index (κ1) is 5.03. The molecule has 3 heteroatoms. The van der Waals surface area contributed by atoms with Crippen LogP contribution in [0.3, 0.4) is 0 Å². The zero-order chi connectivity index (χ0) is 5.98. The maximum atomic E-state index is 10.1. The van der Waals surface area contributed by atoms with Crippen molar-refractivity contribution in [1.29, 1.82) is 0 Å². The van der Waals surface area contributed by atoms with Crippen LogP contribution in [0.1, 0.15) is 0 Å². The van der Waals surface area contributed by atoms with Gasteiger partial charge in [0.15, 0.2) is 0 Å². The number of cyclic esters (lactones) is 1. The molecule has 0 aromatic heterocycles. The van der Waals surface area contributed by atoms with E-state index in [1.54, 1.807) is 0 Å². The molecule has 0 spiro atoms. The Balaban J connectivity index is 2.68. The number of nitrogens with zero attached hydrogens (tertiary/aromatic N) is 1. The summed E-state index contributed by atoms with van der Waals surface area (Å²) in [7, 11) is 0. The van der Waals surface area contributed by atoms with Crippen LogP contribution in [0, 0.1) is 0 Å². The van der Waals surface area contributed by atoms with Gasteiger partial charge in [0.1, 0.15) is 6.61 Å². The number of ether oxygens (including phenoxy) is 1. The Labute approximate surface area is 46.7 Å². The summed E-state index contributed by atoms with van der Waals surface area (Å²) in [5, 5.41) is 0. The molecule has 1 aliphatic rings. The van der Waals surface area contributed by atoms with Crippen LogP contribution in [0.2, 0.25) is 0 Å². The van der Waals surface area contributed by atoms with Gasteiger partial charge in [0.2, 0.25) is 0 Å². The van der Waals surface area contributed by atoms with Gasteiger partial charge in [0, 0.05) is 11.8 Å². The molecule has 1 amide bonds. The smallest absolute Gasteiger partial charge is 0.433 e. The highest BCUT2D eigenvalue weighted by atomic mass is 16.5. The Kier molecular flexibility index (Phi) is 1.12. The van der Waals surface area contributed by atoms with E-state index < -0.39 is 6.09 Å². The Morgan fingerprint density at radius 2 is 2.62 bits per heavy atom. The van der Waals surface area contributed by atoms with E-state index in [-0.39, 0.29) is 6.61 Å².